The average molecular weight is 1070 g/mol. The Labute approximate surface area is 430 Å². The summed E-state index contributed by atoms with van der Waals surface area (Å²) in [5.74, 6) is -4.24. The number of hydrogen-bond acceptors (Lipinski definition) is 18. The van der Waals surface area contributed by atoms with Crippen LogP contribution in [-0.2, 0) is 43.3 Å². The summed E-state index contributed by atoms with van der Waals surface area (Å²) in [6, 6.07) is 18.4. The molecule has 5 aromatic carbocycles. The summed E-state index contributed by atoms with van der Waals surface area (Å²) in [6.07, 6.45) is 8.09. The largest absolute Gasteiger partial charge is 0.505 e. The smallest absolute Gasteiger partial charge is 0.347 e. The van der Waals surface area contributed by atoms with Gasteiger partial charge < -0.3 is 34.7 Å². The van der Waals surface area contributed by atoms with Crippen LogP contribution in [0.3, 0.4) is 0 Å². The number of ketones is 1. The van der Waals surface area contributed by atoms with Gasteiger partial charge >= 0.3 is 11.9 Å². The van der Waals surface area contributed by atoms with Gasteiger partial charge in [-0.2, -0.15) is 13.5 Å². The minimum absolute atomic E-state index is 0.00805. The van der Waals surface area contributed by atoms with Gasteiger partial charge in [-0.3, -0.25) is 18.9 Å². The second-order valence-electron chi connectivity index (χ2n) is 16.4. The van der Waals surface area contributed by atoms with E-state index in [0.29, 0.717) is 24.2 Å². The number of aromatic hydroxyl groups is 1. The molecule has 5 N–H and O–H groups in total. The summed E-state index contributed by atoms with van der Waals surface area (Å²) in [6.45, 7) is 4.90. The van der Waals surface area contributed by atoms with Gasteiger partial charge in [-0.15, -0.1) is 9.45 Å². The van der Waals surface area contributed by atoms with Crippen LogP contribution in [-0.4, -0.2) is 78.8 Å². The van der Waals surface area contributed by atoms with Crippen molar-refractivity contribution in [3.63, 3.8) is 0 Å². The lowest BCUT2D eigenvalue weighted by Gasteiger charge is -2.19. The van der Waals surface area contributed by atoms with Gasteiger partial charge in [0.25, 0.3) is 16.0 Å². The molecule has 0 aliphatic rings. The molecule has 0 aliphatic heterocycles. The molecule has 5 aromatic rings. The zero-order valence-electron chi connectivity index (χ0n) is 40.3. The molecule has 0 fully saturated rings. The first-order valence-electron chi connectivity index (χ1n) is 23.0. The SMILES string of the molecule is CCCCCCCCCCCCOC(=O)C(C)OC(=O)c1ccc(Cl)c(NC(=O)C(Oc2ccc(N=Nc3c(SOOO)cc4cc(S(=O)(=O)O)cc(NC(C)=O)c4c3O)cc2)C(=O)c2ccc(OC)cc2)c1. The van der Waals surface area contributed by atoms with E-state index in [1.165, 1.54) is 125 Å². The van der Waals surface area contributed by atoms with Gasteiger partial charge in [0.05, 0.1) is 63.2 Å². The van der Waals surface area contributed by atoms with Crippen LogP contribution >= 0.6 is 23.6 Å². The number of hydrogen-bond donors (Lipinski definition) is 5. The molecule has 2 unspecified atom stereocenters. The summed E-state index contributed by atoms with van der Waals surface area (Å²) in [5.41, 5.74) is -0.472. The highest BCUT2D eigenvalue weighted by Gasteiger charge is 2.31. The number of halogens is 1. The van der Waals surface area contributed by atoms with Crippen molar-refractivity contribution in [2.45, 2.75) is 107 Å². The summed E-state index contributed by atoms with van der Waals surface area (Å²) in [4.78, 5) is 65.2. The molecule has 0 aromatic heterocycles. The highest BCUT2D eigenvalue weighted by molar-refractivity contribution is 7.94. The maximum absolute atomic E-state index is 14.0. The number of amides is 2. The number of benzene rings is 5. The molecule has 0 saturated carbocycles. The molecule has 2 atom stereocenters. The fourth-order valence-electron chi connectivity index (χ4n) is 7.18. The van der Waals surface area contributed by atoms with Crippen molar-refractivity contribution in [2.24, 2.45) is 10.2 Å². The Balaban J connectivity index is 1.31. The molecule has 0 saturated heterocycles. The van der Waals surface area contributed by atoms with E-state index in [4.69, 9.17) is 35.8 Å². The highest BCUT2D eigenvalue weighted by atomic mass is 35.5. The molecular formula is C50H55ClN4O16S2. The molecule has 0 bridgehead atoms. The number of phenolic OH excluding ortho intramolecular Hbond substituents is 1. The summed E-state index contributed by atoms with van der Waals surface area (Å²) >= 11 is 6.80. The van der Waals surface area contributed by atoms with E-state index in [1.807, 2.05) is 0 Å². The minimum Gasteiger partial charge on any atom is -0.505 e. The van der Waals surface area contributed by atoms with Gasteiger partial charge in [-0.25, -0.2) is 14.8 Å². The van der Waals surface area contributed by atoms with Crippen LogP contribution in [0.2, 0.25) is 5.02 Å². The Morgan fingerprint density at radius 3 is 2.03 bits per heavy atom. The number of phenols is 1. The third kappa shape index (κ3) is 17.0. The van der Waals surface area contributed by atoms with Crippen molar-refractivity contribution < 1.29 is 75.6 Å². The van der Waals surface area contributed by atoms with Crippen LogP contribution in [0.1, 0.15) is 106 Å². The molecule has 23 heteroatoms. The highest BCUT2D eigenvalue weighted by Crippen LogP contribution is 2.47. The predicted octanol–water partition coefficient (Wildman–Crippen LogP) is 11.5. The molecule has 390 valence electrons. The van der Waals surface area contributed by atoms with Gasteiger partial charge in [0.15, 0.2) is 11.9 Å². The number of esters is 2. The Bertz CT molecular complexity index is 2890. The maximum Gasteiger partial charge on any atom is 0.347 e. The third-order valence-corrected chi connectivity index (χ3v) is 12.7. The summed E-state index contributed by atoms with van der Waals surface area (Å²) in [7, 11) is -3.35. The Morgan fingerprint density at radius 2 is 1.41 bits per heavy atom. The first kappa shape index (κ1) is 57.2. The number of fused-ring (bicyclic) bond motifs is 1. The number of azo groups is 1. The van der Waals surface area contributed by atoms with Gasteiger partial charge in [-0.1, -0.05) is 81.4 Å². The first-order valence-corrected chi connectivity index (χ1v) is 25.6. The molecular weight excluding hydrogens is 1010 g/mol. The fourth-order valence-corrected chi connectivity index (χ4v) is 8.38. The summed E-state index contributed by atoms with van der Waals surface area (Å²) in [5, 5.41) is 37.1. The number of methoxy groups -OCH3 is 1. The average Bonchev–Trinajstić information content (AvgIpc) is 3.36. The second kappa shape index (κ2) is 28.0. The number of carbonyl (C=O) groups excluding carboxylic acids is 5. The number of Topliss-reactive ketones (excluding diaryl/α,β-unsaturated/α-hetero) is 1. The molecule has 0 radical (unpaired) electrons. The predicted molar refractivity (Wildman–Crippen MR) is 271 cm³/mol. The van der Waals surface area contributed by atoms with Crippen LogP contribution in [0.25, 0.3) is 10.8 Å². The lowest BCUT2D eigenvalue weighted by molar-refractivity contribution is -0.432. The van der Waals surface area contributed by atoms with Crippen molar-refractivity contribution in [1.29, 1.82) is 0 Å². The normalized spacial score (nSPS) is 12.3. The topological polar surface area (TPSA) is 284 Å². The molecule has 2 amide bonds. The van der Waals surface area contributed by atoms with Gasteiger partial charge in [0.1, 0.15) is 17.2 Å². The van der Waals surface area contributed by atoms with Crippen LogP contribution in [0.15, 0.2) is 105 Å². The van der Waals surface area contributed by atoms with Crippen molar-refractivity contribution in [3.8, 4) is 17.2 Å². The first-order chi connectivity index (χ1) is 34.9. The van der Waals surface area contributed by atoms with E-state index in [0.717, 1.165) is 38.3 Å². The van der Waals surface area contributed by atoms with Crippen molar-refractivity contribution in [3.05, 3.63) is 101 Å². The van der Waals surface area contributed by atoms with Gasteiger partial charge in [0.2, 0.25) is 17.8 Å². The number of nitrogens with zero attached hydrogens (tertiary/aromatic N) is 2. The zero-order chi connectivity index (χ0) is 53.1. The summed E-state index contributed by atoms with van der Waals surface area (Å²) < 4.78 is 60.2. The number of anilines is 2. The molecule has 0 heterocycles. The quantitative estimate of drug-likeness (QED) is 0.00358. The van der Waals surface area contributed by atoms with E-state index in [-0.39, 0.29) is 66.9 Å². The number of ether oxygens (including phenoxy) is 4. The Morgan fingerprint density at radius 1 is 0.781 bits per heavy atom. The lowest BCUT2D eigenvalue weighted by Crippen LogP contribution is -2.40. The molecule has 73 heavy (non-hydrogen) atoms. The van der Waals surface area contributed by atoms with Crippen LogP contribution in [0.5, 0.6) is 17.2 Å². The number of nitrogens with one attached hydrogen (secondary N) is 2. The molecule has 20 nitrogen and oxygen atoms in total. The second-order valence-corrected chi connectivity index (χ2v) is 19.0. The Kier molecular flexibility index (Phi) is 21.9. The van der Waals surface area contributed by atoms with E-state index >= 15 is 0 Å². The van der Waals surface area contributed by atoms with Crippen LogP contribution < -0.4 is 20.1 Å². The van der Waals surface area contributed by atoms with Crippen LogP contribution in [0.4, 0.5) is 22.7 Å². The van der Waals surface area contributed by atoms with E-state index < -0.39 is 62.5 Å². The van der Waals surface area contributed by atoms with Gasteiger partial charge in [0, 0.05) is 17.9 Å². The molecule has 0 aliphatic carbocycles. The monoisotopic (exact) mass is 1070 g/mol. The van der Waals surface area contributed by atoms with Gasteiger partial charge in [-0.05, 0) is 104 Å². The van der Waals surface area contributed by atoms with E-state index in [2.05, 4.69) is 37.2 Å². The maximum atomic E-state index is 14.0. The number of unbranched alkanes of at least 4 members (excludes halogenated alkanes) is 9. The van der Waals surface area contributed by atoms with Crippen molar-refractivity contribution >= 4 is 96.8 Å². The molecule has 0 spiro atoms. The number of carbonyl (C=O) groups is 5. The van der Waals surface area contributed by atoms with Crippen LogP contribution in [0, 0.1) is 0 Å². The molecule has 5 rings (SSSR count). The van der Waals surface area contributed by atoms with E-state index in [1.54, 1.807) is 0 Å². The lowest BCUT2D eigenvalue weighted by atomic mass is 10.0. The minimum atomic E-state index is -4.79. The fraction of sp³-hybridized carbons (Fsp3) is 0.340. The Hall–Kier alpha value is -6.66. The third-order valence-electron chi connectivity index (χ3n) is 10.9. The zero-order valence-corrected chi connectivity index (χ0v) is 42.6. The standard InChI is InChI=1S/C50H55ClN4O16S2/c1-5-6-7-8-9-10-11-12-13-14-25-67-49(60)30(2)68-50(61)33-17-24-39(51)40(27-33)53-48(59)47(45(57)32-15-20-36(66-4)21-16-32)69-37-22-18-35(19-23-37)54-55-44-42(72-71-70-62)28-34-26-38(73(63,64)65)29-41(52-31(3)56)43(34)46(44)58/h15-24,26-30,47,58,62H,5-14,25H2,1-4H3,(H,52,56)(H,53,59)(H,63,64,65). The van der Waals surface area contributed by atoms with Crippen molar-refractivity contribution in [2.75, 3.05) is 24.4 Å². The van der Waals surface area contributed by atoms with E-state index in [9.17, 15) is 42.0 Å². The number of rotatable bonds is 28. The van der Waals surface area contributed by atoms with Crippen molar-refractivity contribution in [1.82, 2.24) is 0 Å².